The smallest absolute Gasteiger partial charge is 0.335 e. The zero-order valence-corrected chi connectivity index (χ0v) is 11.0. The zero-order valence-electron chi connectivity index (χ0n) is 10.2. The van der Waals surface area contributed by atoms with Crippen LogP contribution in [0.1, 0.15) is 20.8 Å². The number of benzene rings is 1. The van der Waals surface area contributed by atoms with Gasteiger partial charge in [-0.05, 0) is 36.2 Å². The first-order valence-corrected chi connectivity index (χ1v) is 6.56. The molecule has 2 aromatic rings. The van der Waals surface area contributed by atoms with E-state index in [1.807, 2.05) is 12.1 Å². The van der Waals surface area contributed by atoms with Crippen molar-refractivity contribution >= 4 is 17.3 Å². The van der Waals surface area contributed by atoms with Crippen molar-refractivity contribution in [1.82, 2.24) is 4.90 Å². The first-order valence-electron chi connectivity index (χ1n) is 5.68. The van der Waals surface area contributed by atoms with Gasteiger partial charge in [-0.3, -0.25) is 4.90 Å². The normalized spacial score (nSPS) is 10.8. The Hall–Kier alpha value is -1.65. The minimum Gasteiger partial charge on any atom is -0.478 e. The number of carboxylic acids is 1. The topological polar surface area (TPSA) is 40.5 Å². The molecule has 0 fully saturated rings. The molecule has 1 aromatic heterocycles. The van der Waals surface area contributed by atoms with Crippen molar-refractivity contribution in [2.24, 2.45) is 0 Å². The summed E-state index contributed by atoms with van der Waals surface area (Å²) >= 11 is 1.75. The lowest BCUT2D eigenvalue weighted by atomic mass is 10.1. The van der Waals surface area contributed by atoms with E-state index in [2.05, 4.69) is 29.5 Å². The highest BCUT2D eigenvalue weighted by molar-refractivity contribution is 7.09. The van der Waals surface area contributed by atoms with E-state index in [0.717, 1.165) is 18.7 Å². The number of carboxylic acid groups (broad SMARTS) is 1. The lowest BCUT2D eigenvalue weighted by Gasteiger charge is -2.15. The quantitative estimate of drug-likeness (QED) is 0.899. The molecule has 4 heteroatoms. The Bertz CT molecular complexity index is 505. The third-order valence-electron chi connectivity index (χ3n) is 2.66. The predicted molar refractivity (Wildman–Crippen MR) is 72.9 cm³/mol. The van der Waals surface area contributed by atoms with Gasteiger partial charge in [-0.25, -0.2) is 4.79 Å². The van der Waals surface area contributed by atoms with Crippen molar-refractivity contribution in [2.45, 2.75) is 13.1 Å². The molecule has 1 N–H and O–H groups in total. The van der Waals surface area contributed by atoms with Crippen molar-refractivity contribution in [1.29, 1.82) is 0 Å². The van der Waals surface area contributed by atoms with Gasteiger partial charge in [-0.2, -0.15) is 0 Å². The first-order chi connectivity index (χ1) is 8.65. The molecule has 3 nitrogen and oxygen atoms in total. The van der Waals surface area contributed by atoms with Crippen LogP contribution < -0.4 is 0 Å². The van der Waals surface area contributed by atoms with Crippen LogP contribution in [0.2, 0.25) is 0 Å². The molecule has 0 amide bonds. The number of rotatable bonds is 5. The second kappa shape index (κ2) is 5.80. The number of hydrogen-bond donors (Lipinski definition) is 1. The number of aromatic carboxylic acids is 1. The molecule has 0 aliphatic carbocycles. The van der Waals surface area contributed by atoms with E-state index < -0.39 is 5.97 Å². The molecule has 1 aromatic carbocycles. The Morgan fingerprint density at radius 2 is 1.94 bits per heavy atom. The van der Waals surface area contributed by atoms with E-state index in [1.54, 1.807) is 23.5 Å². The summed E-state index contributed by atoms with van der Waals surface area (Å²) in [5.74, 6) is -0.881. The summed E-state index contributed by atoms with van der Waals surface area (Å²) in [5, 5.41) is 10.9. The van der Waals surface area contributed by atoms with Gasteiger partial charge in [-0.15, -0.1) is 11.3 Å². The largest absolute Gasteiger partial charge is 0.478 e. The Balaban J connectivity index is 1.94. The molecule has 0 saturated heterocycles. The third-order valence-corrected chi connectivity index (χ3v) is 3.52. The summed E-state index contributed by atoms with van der Waals surface area (Å²) in [6.07, 6.45) is 0. The molecular formula is C14H15NO2S. The minimum atomic E-state index is -0.881. The van der Waals surface area contributed by atoms with Crippen LogP contribution in [0.15, 0.2) is 41.8 Å². The fraction of sp³-hybridized carbons (Fsp3) is 0.214. The predicted octanol–water partition coefficient (Wildman–Crippen LogP) is 3.08. The molecule has 18 heavy (non-hydrogen) atoms. The van der Waals surface area contributed by atoms with Crippen molar-refractivity contribution in [3.05, 3.63) is 57.8 Å². The molecule has 0 spiro atoms. The van der Waals surface area contributed by atoms with Crippen molar-refractivity contribution in [3.63, 3.8) is 0 Å². The maximum Gasteiger partial charge on any atom is 0.335 e. The van der Waals surface area contributed by atoms with E-state index in [0.29, 0.717) is 5.56 Å². The zero-order chi connectivity index (χ0) is 13.0. The van der Waals surface area contributed by atoms with Gasteiger partial charge in [0.1, 0.15) is 0 Å². The van der Waals surface area contributed by atoms with Gasteiger partial charge in [0.25, 0.3) is 0 Å². The van der Waals surface area contributed by atoms with Crippen molar-refractivity contribution < 1.29 is 9.90 Å². The van der Waals surface area contributed by atoms with E-state index in [1.165, 1.54) is 4.88 Å². The summed E-state index contributed by atoms with van der Waals surface area (Å²) < 4.78 is 0. The van der Waals surface area contributed by atoms with Crippen molar-refractivity contribution in [3.8, 4) is 0 Å². The van der Waals surface area contributed by atoms with Crippen LogP contribution in [-0.2, 0) is 13.1 Å². The van der Waals surface area contributed by atoms with Gasteiger partial charge in [0.15, 0.2) is 0 Å². The average molecular weight is 261 g/mol. The van der Waals surface area contributed by atoms with Gasteiger partial charge in [0.05, 0.1) is 5.56 Å². The highest BCUT2D eigenvalue weighted by Gasteiger charge is 2.05. The second-order valence-electron chi connectivity index (χ2n) is 4.25. The summed E-state index contributed by atoms with van der Waals surface area (Å²) in [6, 6.07) is 11.2. The van der Waals surface area contributed by atoms with Gasteiger partial charge >= 0.3 is 5.97 Å². The number of carbonyl (C=O) groups is 1. The molecule has 0 unspecified atom stereocenters. The van der Waals surface area contributed by atoms with Crippen LogP contribution >= 0.6 is 11.3 Å². The fourth-order valence-electron chi connectivity index (χ4n) is 1.79. The van der Waals surface area contributed by atoms with E-state index in [4.69, 9.17) is 5.11 Å². The van der Waals surface area contributed by atoms with Crippen molar-refractivity contribution in [2.75, 3.05) is 7.05 Å². The third kappa shape index (κ3) is 3.42. The monoisotopic (exact) mass is 261 g/mol. The molecule has 0 atom stereocenters. The Morgan fingerprint density at radius 1 is 1.22 bits per heavy atom. The highest BCUT2D eigenvalue weighted by Crippen LogP contribution is 2.13. The molecule has 0 bridgehead atoms. The lowest BCUT2D eigenvalue weighted by molar-refractivity contribution is 0.0697. The standard InChI is InChI=1S/C14H15NO2S/c1-15(10-13-3-2-8-18-13)9-11-4-6-12(7-5-11)14(16)17/h2-8H,9-10H2,1H3,(H,16,17). The van der Waals surface area contributed by atoms with E-state index >= 15 is 0 Å². The van der Waals surface area contributed by atoms with Crippen LogP contribution in [0.3, 0.4) is 0 Å². The maximum absolute atomic E-state index is 10.7. The van der Waals surface area contributed by atoms with Gasteiger partial charge < -0.3 is 5.11 Å². The molecule has 0 radical (unpaired) electrons. The molecule has 0 saturated carbocycles. The van der Waals surface area contributed by atoms with Gasteiger partial charge in [0, 0.05) is 18.0 Å². The molecule has 0 aliphatic heterocycles. The lowest BCUT2D eigenvalue weighted by Crippen LogP contribution is -2.16. The number of hydrogen-bond acceptors (Lipinski definition) is 3. The van der Waals surface area contributed by atoms with Gasteiger partial charge in [-0.1, -0.05) is 18.2 Å². The average Bonchev–Trinajstić information content (AvgIpc) is 2.82. The van der Waals surface area contributed by atoms with Crippen LogP contribution in [0.5, 0.6) is 0 Å². The highest BCUT2D eigenvalue weighted by atomic mass is 32.1. The second-order valence-corrected chi connectivity index (χ2v) is 5.29. The maximum atomic E-state index is 10.7. The SMILES string of the molecule is CN(Cc1ccc(C(=O)O)cc1)Cc1cccs1. The Labute approximate surface area is 110 Å². The van der Waals surface area contributed by atoms with E-state index in [9.17, 15) is 4.79 Å². The van der Waals surface area contributed by atoms with Crippen LogP contribution in [0.4, 0.5) is 0 Å². The van der Waals surface area contributed by atoms with Crippen LogP contribution in [0, 0.1) is 0 Å². The Morgan fingerprint density at radius 3 is 2.50 bits per heavy atom. The van der Waals surface area contributed by atoms with Gasteiger partial charge in [0.2, 0.25) is 0 Å². The van der Waals surface area contributed by atoms with E-state index in [-0.39, 0.29) is 0 Å². The molecular weight excluding hydrogens is 246 g/mol. The summed E-state index contributed by atoms with van der Waals surface area (Å²) in [7, 11) is 2.06. The summed E-state index contributed by atoms with van der Waals surface area (Å²) in [4.78, 5) is 14.3. The van der Waals surface area contributed by atoms with Crippen LogP contribution in [0.25, 0.3) is 0 Å². The molecule has 0 aliphatic rings. The molecule has 2 rings (SSSR count). The van der Waals surface area contributed by atoms with Crippen LogP contribution in [-0.4, -0.2) is 23.0 Å². The first kappa shape index (κ1) is 12.8. The minimum absolute atomic E-state index is 0.333. The number of thiophene rings is 1. The molecule has 1 heterocycles. The summed E-state index contributed by atoms with van der Waals surface area (Å²) in [5.41, 5.74) is 1.46. The molecule has 94 valence electrons. The fourth-order valence-corrected chi connectivity index (χ4v) is 2.57. The summed E-state index contributed by atoms with van der Waals surface area (Å²) in [6.45, 7) is 1.73. The number of nitrogens with zero attached hydrogens (tertiary/aromatic N) is 1. The Kier molecular flexibility index (Phi) is 4.12.